The second kappa shape index (κ2) is 4.09. The van der Waals surface area contributed by atoms with E-state index in [0.29, 0.717) is 11.3 Å². The van der Waals surface area contributed by atoms with Gasteiger partial charge in [0, 0.05) is 5.56 Å². The summed E-state index contributed by atoms with van der Waals surface area (Å²) in [7, 11) is 1.53. The second-order valence-electron chi connectivity index (χ2n) is 2.44. The molecule has 0 saturated carbocycles. The predicted molar refractivity (Wildman–Crippen MR) is 45.0 cm³/mol. The lowest BCUT2D eigenvalue weighted by Gasteiger charge is -2.11. The van der Waals surface area contributed by atoms with E-state index in [4.69, 9.17) is 9.84 Å². The van der Waals surface area contributed by atoms with E-state index >= 15 is 0 Å². The van der Waals surface area contributed by atoms with Gasteiger partial charge in [0.2, 0.25) is 0 Å². The van der Waals surface area contributed by atoms with Gasteiger partial charge in [0.15, 0.2) is 0 Å². The highest BCUT2D eigenvalue weighted by atomic mass is 16.5. The number of benzene rings is 1. The number of ether oxygens (including phenoxy) is 1. The Hall–Kier alpha value is -1.06. The molecule has 0 fully saturated rings. The third-order valence-corrected chi connectivity index (χ3v) is 1.67. The van der Waals surface area contributed by atoms with Crippen LogP contribution in [-0.2, 0) is 0 Å². The van der Waals surface area contributed by atoms with Crippen LogP contribution in [0.3, 0.4) is 0 Å². The van der Waals surface area contributed by atoms with Crippen LogP contribution in [0, 0.1) is 0 Å². The van der Waals surface area contributed by atoms with Gasteiger partial charge < -0.3 is 14.9 Å². The zero-order chi connectivity index (χ0) is 8.97. The normalized spacial score (nSPS) is 12.6. The largest absolute Gasteiger partial charge is 0.496 e. The lowest BCUT2D eigenvalue weighted by atomic mass is 10.1. The summed E-state index contributed by atoms with van der Waals surface area (Å²) in [4.78, 5) is 0. The van der Waals surface area contributed by atoms with Crippen molar-refractivity contribution in [2.75, 3.05) is 13.7 Å². The highest BCUT2D eigenvalue weighted by molar-refractivity contribution is 5.34. The summed E-state index contributed by atoms with van der Waals surface area (Å²) in [6.45, 7) is -0.291. The molecule has 3 nitrogen and oxygen atoms in total. The molecule has 1 atom stereocenters. The van der Waals surface area contributed by atoms with Crippen molar-refractivity contribution in [2.45, 2.75) is 6.10 Å². The molecule has 1 aromatic rings. The minimum Gasteiger partial charge on any atom is -0.496 e. The van der Waals surface area contributed by atoms with Crippen LogP contribution in [0.2, 0.25) is 0 Å². The Balaban J connectivity index is 2.96. The molecule has 12 heavy (non-hydrogen) atoms. The quantitative estimate of drug-likeness (QED) is 0.699. The average Bonchev–Trinajstić information content (AvgIpc) is 2.16. The Bertz CT molecular complexity index is 247. The SMILES string of the molecule is COc1ccccc1C(O)CO. The Morgan fingerprint density at radius 2 is 2.08 bits per heavy atom. The van der Waals surface area contributed by atoms with E-state index in [2.05, 4.69) is 0 Å². The summed E-state index contributed by atoms with van der Waals surface area (Å²) in [5.41, 5.74) is 0.613. The lowest BCUT2D eigenvalue weighted by molar-refractivity contribution is 0.0933. The second-order valence-corrected chi connectivity index (χ2v) is 2.44. The van der Waals surface area contributed by atoms with Crippen LogP contribution in [-0.4, -0.2) is 23.9 Å². The smallest absolute Gasteiger partial charge is 0.124 e. The lowest BCUT2D eigenvalue weighted by Crippen LogP contribution is -2.04. The zero-order valence-corrected chi connectivity index (χ0v) is 6.90. The van der Waals surface area contributed by atoms with Gasteiger partial charge in [-0.1, -0.05) is 18.2 Å². The summed E-state index contributed by atoms with van der Waals surface area (Å²) in [6, 6.07) is 7.07. The standard InChI is InChI=1S/C9H12O3/c1-12-9-5-3-2-4-7(9)8(11)6-10/h2-5,8,10-11H,6H2,1H3. The Morgan fingerprint density at radius 1 is 1.42 bits per heavy atom. The molecule has 0 saturated heterocycles. The van der Waals surface area contributed by atoms with Gasteiger partial charge in [0.25, 0.3) is 0 Å². The van der Waals surface area contributed by atoms with Gasteiger partial charge in [-0.25, -0.2) is 0 Å². The summed E-state index contributed by atoms with van der Waals surface area (Å²) >= 11 is 0. The molecule has 0 bridgehead atoms. The van der Waals surface area contributed by atoms with E-state index in [9.17, 15) is 5.11 Å². The van der Waals surface area contributed by atoms with Gasteiger partial charge in [-0.15, -0.1) is 0 Å². The number of methoxy groups -OCH3 is 1. The molecular weight excluding hydrogens is 156 g/mol. The van der Waals surface area contributed by atoms with E-state index in [1.165, 1.54) is 7.11 Å². The fourth-order valence-corrected chi connectivity index (χ4v) is 1.04. The van der Waals surface area contributed by atoms with Gasteiger partial charge >= 0.3 is 0 Å². The first kappa shape index (κ1) is 9.03. The van der Waals surface area contributed by atoms with E-state index in [-0.39, 0.29) is 6.61 Å². The highest BCUT2D eigenvalue weighted by Gasteiger charge is 2.10. The first-order chi connectivity index (χ1) is 5.79. The molecule has 3 heteroatoms. The van der Waals surface area contributed by atoms with E-state index < -0.39 is 6.10 Å². The van der Waals surface area contributed by atoms with Crippen LogP contribution in [0.5, 0.6) is 5.75 Å². The number of rotatable bonds is 3. The molecule has 0 aliphatic rings. The molecule has 0 heterocycles. The van der Waals surface area contributed by atoms with Crippen molar-refractivity contribution in [3.8, 4) is 5.75 Å². The fourth-order valence-electron chi connectivity index (χ4n) is 1.04. The maximum Gasteiger partial charge on any atom is 0.124 e. The number of hydrogen-bond donors (Lipinski definition) is 2. The maximum absolute atomic E-state index is 9.31. The van der Waals surface area contributed by atoms with Gasteiger partial charge in [-0.2, -0.15) is 0 Å². The molecule has 0 radical (unpaired) electrons. The number of aliphatic hydroxyl groups excluding tert-OH is 2. The van der Waals surface area contributed by atoms with Gasteiger partial charge in [-0.05, 0) is 6.07 Å². The molecule has 1 aromatic carbocycles. The summed E-state index contributed by atoms with van der Waals surface area (Å²) < 4.78 is 5.00. The van der Waals surface area contributed by atoms with Crippen molar-refractivity contribution in [3.05, 3.63) is 29.8 Å². The topological polar surface area (TPSA) is 49.7 Å². The molecule has 66 valence electrons. The zero-order valence-electron chi connectivity index (χ0n) is 6.90. The van der Waals surface area contributed by atoms with Crippen molar-refractivity contribution in [3.63, 3.8) is 0 Å². The first-order valence-corrected chi connectivity index (χ1v) is 3.71. The maximum atomic E-state index is 9.31. The Morgan fingerprint density at radius 3 is 2.67 bits per heavy atom. The van der Waals surface area contributed by atoms with E-state index in [1.807, 2.05) is 6.07 Å². The van der Waals surface area contributed by atoms with E-state index in [1.54, 1.807) is 18.2 Å². The van der Waals surface area contributed by atoms with Crippen LogP contribution in [0.1, 0.15) is 11.7 Å². The number of para-hydroxylation sites is 1. The molecule has 0 aliphatic carbocycles. The van der Waals surface area contributed by atoms with Crippen molar-refractivity contribution in [1.29, 1.82) is 0 Å². The van der Waals surface area contributed by atoms with Crippen molar-refractivity contribution in [1.82, 2.24) is 0 Å². The van der Waals surface area contributed by atoms with Gasteiger partial charge in [-0.3, -0.25) is 0 Å². The first-order valence-electron chi connectivity index (χ1n) is 3.71. The predicted octanol–water partition coefficient (Wildman–Crippen LogP) is 0.721. The van der Waals surface area contributed by atoms with Crippen LogP contribution in [0.25, 0.3) is 0 Å². The van der Waals surface area contributed by atoms with Crippen molar-refractivity contribution in [2.24, 2.45) is 0 Å². The molecule has 0 amide bonds. The number of hydrogen-bond acceptors (Lipinski definition) is 3. The summed E-state index contributed by atoms with van der Waals surface area (Å²) in [5, 5.41) is 18.0. The molecule has 2 N–H and O–H groups in total. The highest BCUT2D eigenvalue weighted by Crippen LogP contribution is 2.23. The fraction of sp³-hybridized carbons (Fsp3) is 0.333. The summed E-state index contributed by atoms with van der Waals surface area (Å²) in [6.07, 6.45) is -0.860. The average molecular weight is 168 g/mol. The number of aliphatic hydroxyl groups is 2. The Labute approximate surface area is 71.2 Å². The van der Waals surface area contributed by atoms with E-state index in [0.717, 1.165) is 0 Å². The third-order valence-electron chi connectivity index (χ3n) is 1.67. The van der Waals surface area contributed by atoms with Crippen LogP contribution in [0.15, 0.2) is 24.3 Å². The minimum atomic E-state index is -0.860. The molecule has 1 unspecified atom stereocenters. The molecule has 0 aromatic heterocycles. The van der Waals surface area contributed by atoms with Crippen LogP contribution < -0.4 is 4.74 Å². The van der Waals surface area contributed by atoms with Crippen LogP contribution >= 0.6 is 0 Å². The molecule has 0 aliphatic heterocycles. The molecular formula is C9H12O3. The monoisotopic (exact) mass is 168 g/mol. The van der Waals surface area contributed by atoms with Crippen molar-refractivity contribution < 1.29 is 14.9 Å². The third kappa shape index (κ3) is 1.75. The van der Waals surface area contributed by atoms with Crippen LogP contribution in [0.4, 0.5) is 0 Å². The summed E-state index contributed by atoms with van der Waals surface area (Å²) in [5.74, 6) is 0.596. The molecule has 1 rings (SSSR count). The van der Waals surface area contributed by atoms with Crippen molar-refractivity contribution >= 4 is 0 Å². The van der Waals surface area contributed by atoms with Gasteiger partial charge in [0.05, 0.1) is 13.7 Å². The minimum absolute atomic E-state index is 0.291. The Kier molecular flexibility index (Phi) is 3.08. The van der Waals surface area contributed by atoms with Gasteiger partial charge in [0.1, 0.15) is 11.9 Å². The molecule has 0 spiro atoms.